The number of methoxy groups -OCH3 is 2. The van der Waals surface area contributed by atoms with Crippen molar-refractivity contribution in [2.24, 2.45) is 0 Å². The normalized spacial score (nSPS) is 19.0. The largest absolute Gasteiger partial charge is 0.496 e. The molecular formula is C26H28N2O3. The lowest BCUT2D eigenvalue weighted by Gasteiger charge is -2.41. The third-order valence-electron chi connectivity index (χ3n) is 6.01. The lowest BCUT2D eigenvalue weighted by molar-refractivity contribution is -0.115. The summed E-state index contributed by atoms with van der Waals surface area (Å²) in [6.07, 6.45) is 5.67. The van der Waals surface area contributed by atoms with E-state index in [4.69, 9.17) is 9.47 Å². The van der Waals surface area contributed by atoms with Crippen LogP contribution in [0.2, 0.25) is 0 Å². The molecule has 4 rings (SSSR count). The number of hydrogen-bond donors (Lipinski definition) is 0. The summed E-state index contributed by atoms with van der Waals surface area (Å²) in [5.41, 5.74) is 4.18. The van der Waals surface area contributed by atoms with E-state index < -0.39 is 0 Å². The molecule has 0 aliphatic carbocycles. The number of nitrogens with zero attached hydrogens (tertiary/aromatic N) is 2. The lowest BCUT2D eigenvalue weighted by atomic mass is 9.89. The number of carbonyl (C=O) groups excluding carboxylic acids is 1. The Morgan fingerprint density at radius 3 is 2.45 bits per heavy atom. The van der Waals surface area contributed by atoms with Gasteiger partial charge in [0, 0.05) is 24.3 Å². The molecule has 160 valence electrons. The molecule has 2 unspecified atom stereocenters. The second-order valence-corrected chi connectivity index (χ2v) is 7.81. The average Bonchev–Trinajstić information content (AvgIpc) is 2.84. The van der Waals surface area contributed by atoms with E-state index in [-0.39, 0.29) is 12.1 Å². The molecule has 1 saturated heterocycles. The standard InChI is InChI=1S/C26H28N2O3/c1-30-24-13-7-14-25(31-2)26(24)23-12-6-10-21(18-29)28(23)17-19-8-5-9-20(16-19)22-11-3-4-15-27-22/h3-5,7-9,11,13-16,18,21,23H,6,10,12,17H2,1-2H3. The van der Waals surface area contributed by atoms with Crippen molar-refractivity contribution in [1.29, 1.82) is 0 Å². The molecular weight excluding hydrogens is 388 g/mol. The summed E-state index contributed by atoms with van der Waals surface area (Å²) in [4.78, 5) is 18.8. The molecule has 2 atom stereocenters. The van der Waals surface area contributed by atoms with Crippen molar-refractivity contribution in [3.05, 3.63) is 78.0 Å². The first kappa shape index (κ1) is 21.1. The van der Waals surface area contributed by atoms with Gasteiger partial charge in [-0.2, -0.15) is 0 Å². The van der Waals surface area contributed by atoms with Crippen molar-refractivity contribution >= 4 is 6.29 Å². The highest BCUT2D eigenvalue weighted by atomic mass is 16.5. The predicted molar refractivity (Wildman–Crippen MR) is 121 cm³/mol. The first-order valence-corrected chi connectivity index (χ1v) is 10.7. The van der Waals surface area contributed by atoms with E-state index in [2.05, 4.69) is 34.1 Å². The van der Waals surface area contributed by atoms with Crippen LogP contribution in [0.4, 0.5) is 0 Å². The highest BCUT2D eigenvalue weighted by molar-refractivity contribution is 5.61. The minimum atomic E-state index is -0.146. The summed E-state index contributed by atoms with van der Waals surface area (Å²) < 4.78 is 11.4. The Kier molecular flexibility index (Phi) is 6.63. The van der Waals surface area contributed by atoms with Gasteiger partial charge in [-0.3, -0.25) is 9.88 Å². The molecule has 31 heavy (non-hydrogen) atoms. The van der Waals surface area contributed by atoms with E-state index in [1.165, 1.54) is 0 Å². The predicted octanol–water partition coefficient (Wildman–Crippen LogP) is 5.06. The van der Waals surface area contributed by atoms with Crippen LogP contribution in [0.25, 0.3) is 11.3 Å². The molecule has 0 radical (unpaired) electrons. The smallest absolute Gasteiger partial charge is 0.137 e. The quantitative estimate of drug-likeness (QED) is 0.504. The van der Waals surface area contributed by atoms with E-state index in [0.29, 0.717) is 6.54 Å². The van der Waals surface area contributed by atoms with Crippen LogP contribution in [-0.2, 0) is 11.3 Å². The Morgan fingerprint density at radius 1 is 1.00 bits per heavy atom. The summed E-state index contributed by atoms with van der Waals surface area (Å²) in [6.45, 7) is 0.663. The fourth-order valence-electron chi connectivity index (χ4n) is 4.55. The third-order valence-corrected chi connectivity index (χ3v) is 6.01. The first-order valence-electron chi connectivity index (χ1n) is 10.7. The number of aldehydes is 1. The van der Waals surface area contributed by atoms with Gasteiger partial charge in [0.25, 0.3) is 0 Å². The fourth-order valence-corrected chi connectivity index (χ4v) is 4.55. The van der Waals surface area contributed by atoms with Gasteiger partial charge in [-0.05, 0) is 55.2 Å². The molecule has 1 aliphatic rings. The van der Waals surface area contributed by atoms with Gasteiger partial charge in [-0.1, -0.05) is 30.3 Å². The Labute approximate surface area is 183 Å². The number of hydrogen-bond acceptors (Lipinski definition) is 5. The molecule has 3 aromatic rings. The maximum absolute atomic E-state index is 12.0. The monoisotopic (exact) mass is 416 g/mol. The van der Waals surface area contributed by atoms with Crippen LogP contribution in [0, 0.1) is 0 Å². The minimum Gasteiger partial charge on any atom is -0.496 e. The third kappa shape index (κ3) is 4.47. The van der Waals surface area contributed by atoms with Gasteiger partial charge < -0.3 is 14.3 Å². The summed E-state index contributed by atoms with van der Waals surface area (Å²) in [7, 11) is 3.36. The van der Waals surface area contributed by atoms with Crippen LogP contribution in [0.1, 0.15) is 36.4 Å². The number of benzene rings is 2. The van der Waals surface area contributed by atoms with Gasteiger partial charge in [0.1, 0.15) is 17.8 Å². The number of carbonyl (C=O) groups is 1. The van der Waals surface area contributed by atoms with Gasteiger partial charge >= 0.3 is 0 Å². The lowest BCUT2D eigenvalue weighted by Crippen LogP contribution is -2.42. The van der Waals surface area contributed by atoms with Gasteiger partial charge in [0.05, 0.1) is 31.5 Å². The highest BCUT2D eigenvalue weighted by Gasteiger charge is 2.34. The van der Waals surface area contributed by atoms with Crippen molar-refractivity contribution in [1.82, 2.24) is 9.88 Å². The van der Waals surface area contributed by atoms with Crippen LogP contribution in [0.15, 0.2) is 66.9 Å². The molecule has 0 saturated carbocycles. The molecule has 0 spiro atoms. The van der Waals surface area contributed by atoms with Crippen molar-refractivity contribution in [2.45, 2.75) is 37.9 Å². The number of rotatable bonds is 7. The van der Waals surface area contributed by atoms with E-state index >= 15 is 0 Å². The molecule has 1 fully saturated rings. The molecule has 0 bridgehead atoms. The van der Waals surface area contributed by atoms with Gasteiger partial charge in [0.2, 0.25) is 0 Å². The van der Waals surface area contributed by atoms with Crippen LogP contribution in [-0.4, -0.2) is 36.4 Å². The maximum Gasteiger partial charge on any atom is 0.137 e. The zero-order chi connectivity index (χ0) is 21.6. The van der Waals surface area contributed by atoms with E-state index in [0.717, 1.165) is 59.4 Å². The van der Waals surface area contributed by atoms with Crippen LogP contribution < -0.4 is 9.47 Å². The summed E-state index contributed by atoms with van der Waals surface area (Å²) in [5.74, 6) is 1.59. The van der Waals surface area contributed by atoms with E-state index in [9.17, 15) is 4.79 Å². The second kappa shape index (κ2) is 9.75. The minimum absolute atomic E-state index is 0.0357. The Balaban J connectivity index is 1.71. The number of aromatic nitrogens is 1. The zero-order valence-corrected chi connectivity index (χ0v) is 18.0. The maximum atomic E-state index is 12.0. The number of ether oxygens (including phenoxy) is 2. The molecule has 0 N–H and O–H groups in total. The summed E-state index contributed by atoms with van der Waals surface area (Å²) in [5, 5.41) is 0. The van der Waals surface area contributed by atoms with Crippen molar-refractivity contribution < 1.29 is 14.3 Å². The number of piperidine rings is 1. The molecule has 1 aromatic heterocycles. The molecule has 5 nitrogen and oxygen atoms in total. The van der Waals surface area contributed by atoms with Gasteiger partial charge in [-0.15, -0.1) is 0 Å². The average molecular weight is 417 g/mol. The topological polar surface area (TPSA) is 51.7 Å². The van der Waals surface area contributed by atoms with Crippen LogP contribution in [0.5, 0.6) is 11.5 Å². The zero-order valence-electron chi connectivity index (χ0n) is 18.0. The van der Waals surface area contributed by atoms with Crippen molar-refractivity contribution in [2.75, 3.05) is 14.2 Å². The fraction of sp³-hybridized carbons (Fsp3) is 0.308. The first-order chi connectivity index (χ1) is 15.2. The van der Waals surface area contributed by atoms with Gasteiger partial charge in [-0.25, -0.2) is 0 Å². The molecule has 5 heteroatoms. The molecule has 0 amide bonds. The van der Waals surface area contributed by atoms with E-state index in [1.807, 2.05) is 36.4 Å². The van der Waals surface area contributed by atoms with Gasteiger partial charge in [0.15, 0.2) is 0 Å². The number of likely N-dealkylation sites (tertiary alicyclic amines) is 1. The van der Waals surface area contributed by atoms with Crippen LogP contribution in [0.3, 0.4) is 0 Å². The second-order valence-electron chi connectivity index (χ2n) is 7.81. The SMILES string of the molecule is COc1cccc(OC)c1C1CCCC(C=O)N1Cc1cccc(-c2ccccn2)c1. The highest BCUT2D eigenvalue weighted by Crippen LogP contribution is 2.43. The van der Waals surface area contributed by atoms with Crippen molar-refractivity contribution in [3.63, 3.8) is 0 Å². The molecule has 2 aromatic carbocycles. The van der Waals surface area contributed by atoms with E-state index in [1.54, 1.807) is 20.4 Å². The molecule has 1 aliphatic heterocycles. The Morgan fingerprint density at radius 2 is 1.77 bits per heavy atom. The van der Waals surface area contributed by atoms with Crippen molar-refractivity contribution in [3.8, 4) is 22.8 Å². The summed E-state index contributed by atoms with van der Waals surface area (Å²) >= 11 is 0. The molecule has 2 heterocycles. The van der Waals surface area contributed by atoms with Crippen LogP contribution >= 0.6 is 0 Å². The number of pyridine rings is 1. The Hall–Kier alpha value is -3.18. The Bertz CT molecular complexity index is 1000. The summed E-state index contributed by atoms with van der Waals surface area (Å²) in [6, 6.07) is 20.1.